The summed E-state index contributed by atoms with van der Waals surface area (Å²) in [6, 6.07) is 4.63. The molecule has 1 N–H and O–H groups in total. The minimum absolute atomic E-state index is 1.10. The average molecular weight is 191 g/mol. The van der Waals surface area contributed by atoms with Crippen LogP contribution in [0.1, 0.15) is 28.7 Å². The van der Waals surface area contributed by atoms with E-state index >= 15 is 0 Å². The fourth-order valence-corrected chi connectivity index (χ4v) is 1.75. The second-order valence-electron chi connectivity index (χ2n) is 4.07. The Bertz CT molecular complexity index is 302. The average Bonchev–Trinajstić information content (AvgIpc) is 2.14. The Morgan fingerprint density at radius 2 is 1.64 bits per heavy atom. The lowest BCUT2D eigenvalue weighted by molar-refractivity contribution is 0.722. The highest BCUT2D eigenvalue weighted by molar-refractivity contribution is 5.36. The number of hydrogen-bond donors (Lipinski definition) is 1. The Hall–Kier alpha value is -0.820. The van der Waals surface area contributed by atoms with Crippen molar-refractivity contribution in [3.63, 3.8) is 0 Å². The Kier molecular flexibility index (Phi) is 4.15. The van der Waals surface area contributed by atoms with Crippen molar-refractivity contribution in [2.45, 2.75) is 33.6 Å². The van der Waals surface area contributed by atoms with Crippen molar-refractivity contribution < 1.29 is 0 Å². The van der Waals surface area contributed by atoms with Gasteiger partial charge in [0.05, 0.1) is 0 Å². The van der Waals surface area contributed by atoms with Gasteiger partial charge in [0.15, 0.2) is 0 Å². The van der Waals surface area contributed by atoms with E-state index in [4.69, 9.17) is 0 Å². The molecule has 14 heavy (non-hydrogen) atoms. The zero-order valence-electron chi connectivity index (χ0n) is 9.78. The van der Waals surface area contributed by atoms with Crippen LogP contribution in [0.25, 0.3) is 0 Å². The molecule has 1 aromatic rings. The van der Waals surface area contributed by atoms with Gasteiger partial charge in [0.1, 0.15) is 0 Å². The van der Waals surface area contributed by atoms with Crippen molar-refractivity contribution in [3.05, 3.63) is 34.4 Å². The molecule has 1 aromatic carbocycles. The van der Waals surface area contributed by atoms with Crippen LogP contribution in [0.4, 0.5) is 0 Å². The van der Waals surface area contributed by atoms with E-state index in [-0.39, 0.29) is 0 Å². The monoisotopic (exact) mass is 191 g/mol. The van der Waals surface area contributed by atoms with Gasteiger partial charge < -0.3 is 5.32 Å². The molecule has 0 radical (unpaired) electrons. The fourth-order valence-electron chi connectivity index (χ4n) is 1.75. The van der Waals surface area contributed by atoms with Gasteiger partial charge in [0.2, 0.25) is 0 Å². The Morgan fingerprint density at radius 1 is 1.00 bits per heavy atom. The standard InChI is InChI=1S/C13H21N/c1-10-8-12(3)13(9-11(10)2)6-5-7-14-4/h8-9,14H,5-7H2,1-4H3. The van der Waals surface area contributed by atoms with E-state index in [0.717, 1.165) is 6.54 Å². The van der Waals surface area contributed by atoms with Gasteiger partial charge in [0, 0.05) is 0 Å². The molecule has 0 fully saturated rings. The molecule has 0 atom stereocenters. The van der Waals surface area contributed by atoms with Crippen molar-refractivity contribution in [1.82, 2.24) is 5.32 Å². The van der Waals surface area contributed by atoms with E-state index in [1.807, 2.05) is 7.05 Å². The van der Waals surface area contributed by atoms with Gasteiger partial charge in [-0.1, -0.05) is 12.1 Å². The molecule has 0 aliphatic heterocycles. The van der Waals surface area contributed by atoms with Crippen LogP contribution in [0.2, 0.25) is 0 Å². The molecule has 0 spiro atoms. The summed E-state index contributed by atoms with van der Waals surface area (Å²) in [5.74, 6) is 0. The summed E-state index contributed by atoms with van der Waals surface area (Å²) in [6.45, 7) is 7.68. The molecule has 0 saturated carbocycles. The molecule has 1 heteroatoms. The number of aryl methyl sites for hydroxylation is 4. The molecule has 1 rings (SSSR count). The van der Waals surface area contributed by atoms with Crippen molar-refractivity contribution >= 4 is 0 Å². The van der Waals surface area contributed by atoms with E-state index in [1.165, 1.54) is 35.1 Å². The summed E-state index contributed by atoms with van der Waals surface area (Å²) >= 11 is 0. The summed E-state index contributed by atoms with van der Waals surface area (Å²) in [7, 11) is 2.01. The highest BCUT2D eigenvalue weighted by Gasteiger charge is 2.01. The summed E-state index contributed by atoms with van der Waals surface area (Å²) in [6.07, 6.45) is 2.41. The van der Waals surface area contributed by atoms with Gasteiger partial charge in [-0.2, -0.15) is 0 Å². The van der Waals surface area contributed by atoms with Crippen LogP contribution < -0.4 is 5.32 Å². The predicted octanol–water partition coefficient (Wildman–Crippen LogP) is 2.76. The van der Waals surface area contributed by atoms with Crippen LogP contribution >= 0.6 is 0 Å². The van der Waals surface area contributed by atoms with Gasteiger partial charge in [0.25, 0.3) is 0 Å². The molecule has 0 amide bonds. The first-order chi connectivity index (χ1) is 6.65. The summed E-state index contributed by atoms with van der Waals surface area (Å²) < 4.78 is 0. The van der Waals surface area contributed by atoms with Gasteiger partial charge in [-0.25, -0.2) is 0 Å². The van der Waals surface area contributed by atoms with Crippen molar-refractivity contribution in [2.24, 2.45) is 0 Å². The second kappa shape index (κ2) is 5.16. The van der Waals surface area contributed by atoms with Crippen LogP contribution in [0, 0.1) is 20.8 Å². The Balaban J connectivity index is 2.72. The van der Waals surface area contributed by atoms with Crippen molar-refractivity contribution in [3.8, 4) is 0 Å². The first kappa shape index (κ1) is 11.3. The maximum Gasteiger partial charge on any atom is -0.00488 e. The van der Waals surface area contributed by atoms with Crippen LogP contribution in [-0.4, -0.2) is 13.6 Å². The third kappa shape index (κ3) is 2.85. The topological polar surface area (TPSA) is 12.0 Å². The molecule has 0 unspecified atom stereocenters. The first-order valence-corrected chi connectivity index (χ1v) is 5.36. The molecule has 0 aliphatic rings. The van der Waals surface area contributed by atoms with Crippen LogP contribution in [0.5, 0.6) is 0 Å². The lowest BCUT2D eigenvalue weighted by Crippen LogP contribution is -2.08. The molecule has 1 nitrogen and oxygen atoms in total. The molecule has 0 aromatic heterocycles. The zero-order chi connectivity index (χ0) is 10.6. The predicted molar refractivity (Wildman–Crippen MR) is 62.9 cm³/mol. The smallest absolute Gasteiger partial charge is 0.00488 e. The minimum Gasteiger partial charge on any atom is -0.320 e. The lowest BCUT2D eigenvalue weighted by Gasteiger charge is -2.09. The molecule has 0 saturated heterocycles. The normalized spacial score (nSPS) is 10.6. The van der Waals surface area contributed by atoms with Crippen LogP contribution in [0.15, 0.2) is 12.1 Å². The highest BCUT2D eigenvalue weighted by Crippen LogP contribution is 2.16. The fraction of sp³-hybridized carbons (Fsp3) is 0.538. The van der Waals surface area contributed by atoms with Crippen molar-refractivity contribution in [1.29, 1.82) is 0 Å². The summed E-state index contributed by atoms with van der Waals surface area (Å²) in [5, 5.41) is 3.18. The third-order valence-corrected chi connectivity index (χ3v) is 2.83. The van der Waals surface area contributed by atoms with Crippen LogP contribution in [0.3, 0.4) is 0 Å². The Labute approximate surface area is 87.5 Å². The van der Waals surface area contributed by atoms with Crippen LogP contribution in [-0.2, 0) is 6.42 Å². The summed E-state index contributed by atoms with van der Waals surface area (Å²) in [5.41, 5.74) is 5.75. The third-order valence-electron chi connectivity index (χ3n) is 2.83. The van der Waals surface area contributed by atoms with Gasteiger partial charge >= 0.3 is 0 Å². The molecule has 0 bridgehead atoms. The molecule has 0 heterocycles. The minimum atomic E-state index is 1.10. The van der Waals surface area contributed by atoms with E-state index < -0.39 is 0 Å². The lowest BCUT2D eigenvalue weighted by atomic mass is 9.98. The maximum absolute atomic E-state index is 3.18. The van der Waals surface area contributed by atoms with Gasteiger partial charge in [-0.15, -0.1) is 0 Å². The number of rotatable bonds is 4. The highest BCUT2D eigenvalue weighted by atomic mass is 14.8. The molecule has 0 aliphatic carbocycles. The Morgan fingerprint density at radius 3 is 2.29 bits per heavy atom. The molecular formula is C13H21N. The van der Waals surface area contributed by atoms with Crippen molar-refractivity contribution in [2.75, 3.05) is 13.6 Å². The first-order valence-electron chi connectivity index (χ1n) is 5.36. The maximum atomic E-state index is 3.18. The van der Waals surface area contributed by atoms with E-state index in [1.54, 1.807) is 0 Å². The number of nitrogens with one attached hydrogen (secondary N) is 1. The summed E-state index contributed by atoms with van der Waals surface area (Å²) in [4.78, 5) is 0. The zero-order valence-corrected chi connectivity index (χ0v) is 9.78. The molecule has 78 valence electrons. The van der Waals surface area contributed by atoms with E-state index in [2.05, 4.69) is 38.2 Å². The number of hydrogen-bond acceptors (Lipinski definition) is 1. The largest absolute Gasteiger partial charge is 0.320 e. The number of benzene rings is 1. The quantitative estimate of drug-likeness (QED) is 0.722. The SMILES string of the molecule is CNCCCc1cc(C)c(C)cc1C. The molecular weight excluding hydrogens is 170 g/mol. The van der Waals surface area contributed by atoms with E-state index in [9.17, 15) is 0 Å². The second-order valence-corrected chi connectivity index (χ2v) is 4.07. The van der Waals surface area contributed by atoms with E-state index in [0.29, 0.717) is 0 Å². The van der Waals surface area contributed by atoms with Gasteiger partial charge in [-0.05, 0) is 69.5 Å². The van der Waals surface area contributed by atoms with Gasteiger partial charge in [-0.3, -0.25) is 0 Å².